The van der Waals surface area contributed by atoms with Crippen molar-refractivity contribution in [3.8, 4) is 0 Å². The molecule has 1 N–H and O–H groups in total. The van der Waals surface area contributed by atoms with E-state index in [0.717, 1.165) is 37.2 Å². The van der Waals surface area contributed by atoms with Crippen molar-refractivity contribution in [2.45, 2.75) is 38.8 Å². The van der Waals surface area contributed by atoms with E-state index < -0.39 is 17.8 Å². The predicted molar refractivity (Wildman–Crippen MR) is 125 cm³/mol. The number of benzene rings is 2. The third kappa shape index (κ3) is 4.66. The Balaban J connectivity index is 1.51. The number of ether oxygens (including phenoxy) is 1. The Hall–Kier alpha value is -3.66. The van der Waals surface area contributed by atoms with Gasteiger partial charge in [-0.25, -0.2) is 4.68 Å². The third-order valence-corrected chi connectivity index (χ3v) is 6.22. The summed E-state index contributed by atoms with van der Waals surface area (Å²) in [5.74, 6) is 0.464. The first-order chi connectivity index (χ1) is 16.8. The Bertz CT molecular complexity index is 1380. The molecule has 0 amide bonds. The van der Waals surface area contributed by atoms with Gasteiger partial charge in [0.15, 0.2) is 5.65 Å². The minimum atomic E-state index is -4.41. The molecule has 1 aliphatic heterocycles. The first-order valence-corrected chi connectivity index (χ1v) is 11.4. The SMILES string of the molecule is C[C@@H](c1ccc(C(F)(F)F)cc1)n1nc(COCc2ccccc2)c2c(=O)[nH]c(N3CCC3)nc21. The lowest BCUT2D eigenvalue weighted by molar-refractivity contribution is -0.137. The van der Waals surface area contributed by atoms with E-state index in [-0.39, 0.29) is 12.2 Å². The lowest BCUT2D eigenvalue weighted by Gasteiger charge is -2.31. The van der Waals surface area contributed by atoms with Crippen molar-refractivity contribution in [3.63, 3.8) is 0 Å². The molecule has 1 atom stereocenters. The van der Waals surface area contributed by atoms with Crippen LogP contribution in [0.5, 0.6) is 0 Å². The first-order valence-electron chi connectivity index (χ1n) is 11.4. The zero-order valence-corrected chi connectivity index (χ0v) is 19.0. The highest BCUT2D eigenvalue weighted by Crippen LogP contribution is 2.31. The lowest BCUT2D eigenvalue weighted by atomic mass is 10.1. The minimum absolute atomic E-state index is 0.0892. The van der Waals surface area contributed by atoms with Gasteiger partial charge < -0.3 is 9.64 Å². The van der Waals surface area contributed by atoms with Crippen LogP contribution < -0.4 is 10.5 Å². The number of alkyl halides is 3. The number of hydrogen-bond donors (Lipinski definition) is 1. The van der Waals surface area contributed by atoms with Crippen LogP contribution in [0, 0.1) is 0 Å². The maximum atomic E-state index is 13.1. The largest absolute Gasteiger partial charge is 0.416 e. The zero-order chi connectivity index (χ0) is 24.6. The summed E-state index contributed by atoms with van der Waals surface area (Å²) in [6.07, 6.45) is -3.40. The van der Waals surface area contributed by atoms with Gasteiger partial charge in [-0.3, -0.25) is 9.78 Å². The zero-order valence-electron chi connectivity index (χ0n) is 19.0. The maximum Gasteiger partial charge on any atom is 0.416 e. The smallest absolute Gasteiger partial charge is 0.370 e. The van der Waals surface area contributed by atoms with Gasteiger partial charge in [-0.1, -0.05) is 42.5 Å². The highest BCUT2D eigenvalue weighted by Gasteiger charge is 2.30. The van der Waals surface area contributed by atoms with Gasteiger partial charge in [0.25, 0.3) is 5.56 Å². The van der Waals surface area contributed by atoms with Gasteiger partial charge in [0.1, 0.15) is 11.1 Å². The van der Waals surface area contributed by atoms with Gasteiger partial charge in [0, 0.05) is 13.1 Å². The fourth-order valence-electron chi connectivity index (χ4n) is 4.08. The van der Waals surface area contributed by atoms with Crippen LogP contribution in [0.3, 0.4) is 0 Å². The van der Waals surface area contributed by atoms with Crippen LogP contribution in [-0.2, 0) is 24.1 Å². The van der Waals surface area contributed by atoms with Crippen LogP contribution in [0.25, 0.3) is 11.0 Å². The van der Waals surface area contributed by atoms with Crippen LogP contribution in [0.15, 0.2) is 59.4 Å². The molecule has 3 heterocycles. The van der Waals surface area contributed by atoms with E-state index in [1.807, 2.05) is 42.2 Å². The molecule has 2 aromatic heterocycles. The van der Waals surface area contributed by atoms with Crippen LogP contribution in [0.1, 0.15) is 41.8 Å². The van der Waals surface area contributed by atoms with E-state index in [4.69, 9.17) is 4.74 Å². The van der Waals surface area contributed by atoms with Crippen molar-refractivity contribution in [1.29, 1.82) is 0 Å². The maximum absolute atomic E-state index is 13.1. The third-order valence-electron chi connectivity index (χ3n) is 6.22. The molecule has 1 aliphatic rings. The summed E-state index contributed by atoms with van der Waals surface area (Å²) < 4.78 is 46.5. The number of halogens is 3. The van der Waals surface area contributed by atoms with Crippen molar-refractivity contribution >= 4 is 17.0 Å². The second kappa shape index (κ2) is 9.18. The molecular formula is C25H24F3N5O2. The van der Waals surface area contributed by atoms with Crippen LogP contribution in [0.4, 0.5) is 19.1 Å². The number of rotatable bonds is 7. The number of anilines is 1. The van der Waals surface area contributed by atoms with Crippen LogP contribution in [-0.4, -0.2) is 32.8 Å². The molecule has 35 heavy (non-hydrogen) atoms. The van der Waals surface area contributed by atoms with Gasteiger partial charge in [-0.05, 0) is 36.6 Å². The molecule has 0 aliphatic carbocycles. The van der Waals surface area contributed by atoms with E-state index in [1.54, 1.807) is 4.68 Å². The Labute approximate surface area is 199 Å². The van der Waals surface area contributed by atoms with Crippen molar-refractivity contribution in [1.82, 2.24) is 19.7 Å². The van der Waals surface area contributed by atoms with Gasteiger partial charge >= 0.3 is 6.18 Å². The van der Waals surface area contributed by atoms with E-state index in [2.05, 4.69) is 15.1 Å². The molecule has 0 saturated carbocycles. The molecule has 4 aromatic rings. The average Bonchev–Trinajstić information content (AvgIpc) is 3.17. The topological polar surface area (TPSA) is 76.0 Å². The molecule has 7 nitrogen and oxygen atoms in total. The van der Waals surface area contributed by atoms with E-state index >= 15 is 0 Å². The minimum Gasteiger partial charge on any atom is -0.370 e. The fraction of sp³-hybridized carbons (Fsp3) is 0.320. The second-order valence-electron chi connectivity index (χ2n) is 8.59. The summed E-state index contributed by atoms with van der Waals surface area (Å²) in [4.78, 5) is 22.6. The first kappa shape index (κ1) is 23.1. The summed E-state index contributed by atoms with van der Waals surface area (Å²) in [6, 6.07) is 14.1. The number of aromatic nitrogens is 4. The predicted octanol–water partition coefficient (Wildman–Crippen LogP) is 4.67. The standard InChI is InChI=1S/C25H24F3N5O2/c1-16(18-8-10-19(11-9-18)25(26,27)28)33-22-21(23(34)30-24(29-22)32-12-5-13-32)20(31-33)15-35-14-17-6-3-2-4-7-17/h2-4,6-11,16H,5,12-15H2,1H3,(H,29,30,34)/t16-/m0/s1. The van der Waals surface area contributed by atoms with Gasteiger partial charge in [-0.2, -0.15) is 23.3 Å². The number of nitrogens with zero attached hydrogens (tertiary/aromatic N) is 4. The van der Waals surface area contributed by atoms with Crippen molar-refractivity contribution in [2.75, 3.05) is 18.0 Å². The molecule has 0 unspecified atom stereocenters. The molecule has 2 aromatic carbocycles. The molecule has 5 rings (SSSR count). The highest BCUT2D eigenvalue weighted by molar-refractivity contribution is 5.78. The van der Waals surface area contributed by atoms with Gasteiger partial charge in [0.05, 0.1) is 24.8 Å². The van der Waals surface area contributed by atoms with Gasteiger partial charge in [-0.15, -0.1) is 0 Å². The van der Waals surface area contributed by atoms with Crippen molar-refractivity contribution in [2.24, 2.45) is 0 Å². The van der Waals surface area contributed by atoms with Crippen molar-refractivity contribution in [3.05, 3.63) is 87.3 Å². The number of aromatic amines is 1. The number of nitrogens with one attached hydrogen (secondary N) is 1. The normalized spacial score (nSPS) is 14.8. The summed E-state index contributed by atoms with van der Waals surface area (Å²) >= 11 is 0. The van der Waals surface area contributed by atoms with Gasteiger partial charge in [0.2, 0.25) is 5.95 Å². The Morgan fingerprint density at radius 2 is 1.77 bits per heavy atom. The Morgan fingerprint density at radius 3 is 2.40 bits per heavy atom. The molecule has 0 radical (unpaired) electrons. The van der Waals surface area contributed by atoms with Crippen LogP contribution >= 0.6 is 0 Å². The lowest BCUT2D eigenvalue weighted by Crippen LogP contribution is -2.39. The average molecular weight is 483 g/mol. The summed E-state index contributed by atoms with van der Waals surface area (Å²) in [5, 5.41) is 4.96. The van der Waals surface area contributed by atoms with Crippen molar-refractivity contribution < 1.29 is 17.9 Å². The summed E-state index contributed by atoms with van der Waals surface area (Å²) in [7, 11) is 0. The molecule has 0 bridgehead atoms. The number of H-pyrrole nitrogens is 1. The summed E-state index contributed by atoms with van der Waals surface area (Å²) in [5.41, 5.74) is 1.37. The van der Waals surface area contributed by atoms with E-state index in [1.165, 1.54) is 12.1 Å². The van der Waals surface area contributed by atoms with E-state index in [0.29, 0.717) is 34.8 Å². The fourth-order valence-corrected chi connectivity index (χ4v) is 4.08. The Morgan fingerprint density at radius 1 is 1.06 bits per heavy atom. The Kier molecular flexibility index (Phi) is 6.06. The number of fused-ring (bicyclic) bond motifs is 1. The van der Waals surface area contributed by atoms with Crippen LogP contribution in [0.2, 0.25) is 0 Å². The monoisotopic (exact) mass is 483 g/mol. The molecule has 10 heteroatoms. The second-order valence-corrected chi connectivity index (χ2v) is 8.59. The summed E-state index contributed by atoms with van der Waals surface area (Å²) in [6.45, 7) is 3.84. The highest BCUT2D eigenvalue weighted by atomic mass is 19.4. The number of hydrogen-bond acceptors (Lipinski definition) is 5. The molecule has 1 saturated heterocycles. The molecular weight excluding hydrogens is 459 g/mol. The molecule has 182 valence electrons. The quantitative estimate of drug-likeness (QED) is 0.413. The van der Waals surface area contributed by atoms with E-state index in [9.17, 15) is 18.0 Å². The molecule has 1 fully saturated rings. The molecule has 0 spiro atoms.